The predicted molar refractivity (Wildman–Crippen MR) is 76.4 cm³/mol. The lowest BCUT2D eigenvalue weighted by atomic mass is 9.53. The van der Waals surface area contributed by atoms with Crippen molar-refractivity contribution >= 4 is 6.29 Å². The summed E-state index contributed by atoms with van der Waals surface area (Å²) < 4.78 is 1.67. The number of rotatable bonds is 4. The molecule has 1 aliphatic rings. The molecule has 0 spiro atoms. The third kappa shape index (κ3) is 2.51. The fraction of sp³-hybridized carbons (Fsp3) is 0.800. The van der Waals surface area contributed by atoms with Crippen molar-refractivity contribution in [1.82, 2.24) is 15.0 Å². The molecule has 0 aliphatic heterocycles. The van der Waals surface area contributed by atoms with Gasteiger partial charge in [-0.2, -0.15) is 0 Å². The van der Waals surface area contributed by atoms with E-state index in [0.717, 1.165) is 24.8 Å². The van der Waals surface area contributed by atoms with Gasteiger partial charge in [0.1, 0.15) is 12.3 Å². The monoisotopic (exact) mass is 279 g/mol. The van der Waals surface area contributed by atoms with Gasteiger partial charge in [0.25, 0.3) is 0 Å². The Kier molecular flexibility index (Phi) is 3.53. The van der Waals surface area contributed by atoms with E-state index in [1.807, 2.05) is 27.0 Å². The van der Waals surface area contributed by atoms with Crippen molar-refractivity contribution in [3.8, 4) is 0 Å². The summed E-state index contributed by atoms with van der Waals surface area (Å²) in [6.07, 6.45) is 4.62. The van der Waals surface area contributed by atoms with Crippen LogP contribution in [-0.2, 0) is 10.2 Å². The zero-order valence-corrected chi connectivity index (χ0v) is 13.1. The molecule has 0 bridgehead atoms. The molecule has 5 nitrogen and oxygen atoms in total. The Bertz CT molecular complexity index is 495. The fourth-order valence-corrected chi connectivity index (χ4v) is 3.48. The average Bonchev–Trinajstić information content (AvgIpc) is 2.75. The maximum absolute atomic E-state index is 11.3. The van der Waals surface area contributed by atoms with Crippen LogP contribution in [0.3, 0.4) is 0 Å². The zero-order valence-electron chi connectivity index (χ0n) is 13.1. The minimum Gasteiger partial charge on any atom is -0.396 e. The molecule has 1 aliphatic carbocycles. The van der Waals surface area contributed by atoms with Crippen LogP contribution < -0.4 is 0 Å². The molecular weight excluding hydrogens is 254 g/mol. The summed E-state index contributed by atoms with van der Waals surface area (Å²) in [6.45, 7) is 10.5. The van der Waals surface area contributed by atoms with Gasteiger partial charge < -0.3 is 9.90 Å². The SMILES string of the molecule is CC1(CO)CC(C)(c2cn(C(C=O)C(C)(C)C)nn2)C1. The van der Waals surface area contributed by atoms with Crippen molar-refractivity contribution in [3.05, 3.63) is 11.9 Å². The van der Waals surface area contributed by atoms with E-state index >= 15 is 0 Å². The Morgan fingerprint density at radius 3 is 2.50 bits per heavy atom. The van der Waals surface area contributed by atoms with Gasteiger partial charge in [0.05, 0.1) is 5.69 Å². The van der Waals surface area contributed by atoms with Gasteiger partial charge in [0, 0.05) is 18.2 Å². The summed E-state index contributed by atoms with van der Waals surface area (Å²) in [4.78, 5) is 11.3. The molecule has 0 radical (unpaired) electrons. The van der Waals surface area contributed by atoms with Gasteiger partial charge in [-0.05, 0) is 23.7 Å². The topological polar surface area (TPSA) is 68.0 Å². The molecule has 20 heavy (non-hydrogen) atoms. The molecule has 1 saturated carbocycles. The first kappa shape index (κ1) is 15.2. The summed E-state index contributed by atoms with van der Waals surface area (Å²) in [6, 6.07) is -0.309. The summed E-state index contributed by atoms with van der Waals surface area (Å²) in [5.41, 5.74) is 0.681. The normalized spacial score (nSPS) is 31.7. The fourth-order valence-electron chi connectivity index (χ4n) is 3.48. The highest BCUT2D eigenvalue weighted by atomic mass is 16.3. The molecule has 112 valence electrons. The first-order valence-electron chi connectivity index (χ1n) is 7.12. The van der Waals surface area contributed by atoms with Gasteiger partial charge in [0.2, 0.25) is 0 Å². The Hall–Kier alpha value is -1.23. The van der Waals surface area contributed by atoms with Crippen LogP contribution in [0.15, 0.2) is 6.20 Å². The molecule has 1 aromatic rings. The maximum Gasteiger partial charge on any atom is 0.145 e. The summed E-state index contributed by atoms with van der Waals surface area (Å²) >= 11 is 0. The van der Waals surface area contributed by atoms with Crippen molar-refractivity contribution in [2.24, 2.45) is 10.8 Å². The van der Waals surface area contributed by atoms with Crippen molar-refractivity contribution in [2.75, 3.05) is 6.61 Å². The molecule has 1 N–H and O–H groups in total. The lowest BCUT2D eigenvalue weighted by Crippen LogP contribution is -2.48. The van der Waals surface area contributed by atoms with Crippen LogP contribution in [0.5, 0.6) is 0 Å². The number of aliphatic hydroxyl groups is 1. The van der Waals surface area contributed by atoms with Crippen molar-refractivity contribution in [1.29, 1.82) is 0 Å². The average molecular weight is 279 g/mol. The van der Waals surface area contributed by atoms with Crippen molar-refractivity contribution in [2.45, 2.75) is 58.9 Å². The quantitative estimate of drug-likeness (QED) is 0.857. The number of carbonyl (C=O) groups excluding carboxylic acids is 1. The maximum atomic E-state index is 11.3. The van der Waals surface area contributed by atoms with E-state index in [9.17, 15) is 9.90 Å². The van der Waals surface area contributed by atoms with Gasteiger partial charge in [-0.1, -0.05) is 39.8 Å². The van der Waals surface area contributed by atoms with Crippen molar-refractivity contribution < 1.29 is 9.90 Å². The predicted octanol–water partition coefficient (Wildman–Crippen LogP) is 2.11. The van der Waals surface area contributed by atoms with Crippen LogP contribution in [0.1, 0.15) is 59.2 Å². The van der Waals surface area contributed by atoms with Gasteiger partial charge in [-0.15, -0.1) is 5.10 Å². The van der Waals surface area contributed by atoms with Crippen molar-refractivity contribution in [3.63, 3.8) is 0 Å². The van der Waals surface area contributed by atoms with Crippen LogP contribution in [0.4, 0.5) is 0 Å². The largest absolute Gasteiger partial charge is 0.396 e. The second kappa shape index (κ2) is 4.65. The lowest BCUT2D eigenvalue weighted by molar-refractivity contribution is -0.113. The van der Waals surface area contributed by atoms with E-state index in [1.54, 1.807) is 4.68 Å². The molecule has 1 atom stereocenters. The Morgan fingerprint density at radius 1 is 1.45 bits per heavy atom. The van der Waals surface area contributed by atoms with Crippen LogP contribution in [0.25, 0.3) is 0 Å². The highest BCUT2D eigenvalue weighted by Gasteiger charge is 2.51. The molecule has 0 amide bonds. The highest BCUT2D eigenvalue weighted by Crippen LogP contribution is 2.54. The summed E-state index contributed by atoms with van der Waals surface area (Å²) in [5.74, 6) is 0. The second-order valence-corrected chi connectivity index (χ2v) is 7.91. The number of nitrogens with zero attached hydrogens (tertiary/aromatic N) is 3. The number of aldehydes is 1. The molecule has 2 rings (SSSR count). The van der Waals surface area contributed by atoms with Gasteiger partial charge in [-0.3, -0.25) is 0 Å². The first-order chi connectivity index (χ1) is 9.13. The van der Waals surface area contributed by atoms with Gasteiger partial charge in [0.15, 0.2) is 0 Å². The van der Waals surface area contributed by atoms with E-state index < -0.39 is 0 Å². The van der Waals surface area contributed by atoms with E-state index in [4.69, 9.17) is 0 Å². The molecule has 1 fully saturated rings. The minimum atomic E-state index is -0.309. The molecule has 5 heteroatoms. The molecule has 1 heterocycles. The van der Waals surface area contributed by atoms with Gasteiger partial charge in [-0.25, -0.2) is 4.68 Å². The molecule has 1 unspecified atom stereocenters. The molecule has 0 saturated heterocycles. The lowest BCUT2D eigenvalue weighted by Gasteiger charge is -2.51. The third-order valence-corrected chi connectivity index (χ3v) is 4.45. The number of carbonyl (C=O) groups is 1. The van der Waals surface area contributed by atoms with Crippen LogP contribution in [0.2, 0.25) is 0 Å². The Labute approximate surface area is 120 Å². The Morgan fingerprint density at radius 2 is 2.05 bits per heavy atom. The molecule has 0 aromatic carbocycles. The van der Waals surface area contributed by atoms with E-state index in [-0.39, 0.29) is 28.9 Å². The van der Waals surface area contributed by atoms with Crippen LogP contribution in [-0.4, -0.2) is 33.0 Å². The van der Waals surface area contributed by atoms with E-state index in [0.29, 0.717) is 0 Å². The van der Waals surface area contributed by atoms with E-state index in [2.05, 4.69) is 24.2 Å². The summed E-state index contributed by atoms with van der Waals surface area (Å²) in [5, 5.41) is 17.8. The number of aliphatic hydroxyl groups excluding tert-OH is 1. The molecule has 1 aromatic heterocycles. The number of aromatic nitrogens is 3. The first-order valence-corrected chi connectivity index (χ1v) is 7.12. The summed E-state index contributed by atoms with van der Waals surface area (Å²) in [7, 11) is 0. The zero-order chi connectivity index (χ0) is 15.2. The minimum absolute atomic E-state index is 0.00732. The highest BCUT2D eigenvalue weighted by molar-refractivity contribution is 5.57. The Balaban J connectivity index is 2.20. The van der Waals surface area contributed by atoms with Crippen LogP contribution >= 0.6 is 0 Å². The smallest absolute Gasteiger partial charge is 0.145 e. The third-order valence-electron chi connectivity index (χ3n) is 4.45. The second-order valence-electron chi connectivity index (χ2n) is 7.91. The number of hydrogen-bond acceptors (Lipinski definition) is 4. The number of hydrogen-bond donors (Lipinski definition) is 1. The molecular formula is C15H25N3O2. The van der Waals surface area contributed by atoms with Gasteiger partial charge >= 0.3 is 0 Å². The van der Waals surface area contributed by atoms with Crippen LogP contribution in [0, 0.1) is 10.8 Å². The standard InChI is InChI=1S/C15H25N3O2/c1-13(2,3)12(7-19)18-6-11(16-17-18)15(5)8-14(4,9-15)10-20/h6-7,12,20H,8-10H2,1-5H3. The van der Waals surface area contributed by atoms with E-state index in [1.165, 1.54) is 0 Å².